The summed E-state index contributed by atoms with van der Waals surface area (Å²) in [5.41, 5.74) is 0.797. The van der Waals surface area contributed by atoms with Gasteiger partial charge in [0.15, 0.2) is 11.5 Å². The van der Waals surface area contributed by atoms with E-state index >= 15 is 0 Å². The number of halogens is 1. The van der Waals surface area contributed by atoms with Crippen LogP contribution in [0.1, 0.15) is 18.0 Å². The van der Waals surface area contributed by atoms with Crippen LogP contribution in [0.5, 0.6) is 11.5 Å². The minimum atomic E-state index is -0.433. The lowest BCUT2D eigenvalue weighted by atomic mass is 10.0. The van der Waals surface area contributed by atoms with E-state index in [2.05, 4.69) is 5.32 Å². The lowest BCUT2D eigenvalue weighted by molar-refractivity contribution is 0.115. The Hall–Kier alpha value is -1.62. The van der Waals surface area contributed by atoms with Crippen molar-refractivity contribution in [3.05, 3.63) is 22.7 Å². The predicted octanol–water partition coefficient (Wildman–Crippen LogP) is 2.53. The molecule has 6 heteroatoms. The number of methoxy groups -OCH3 is 2. The van der Waals surface area contributed by atoms with Gasteiger partial charge < -0.3 is 19.5 Å². The Morgan fingerprint density at radius 3 is 2.78 bits per heavy atom. The van der Waals surface area contributed by atoms with Crippen molar-refractivity contribution in [2.24, 2.45) is 0 Å². The molecule has 1 atom stereocenters. The Kier molecular flexibility index (Phi) is 3.81. The number of nitrogens with one attached hydrogen (secondary N) is 1. The highest BCUT2D eigenvalue weighted by atomic mass is 35.5. The van der Waals surface area contributed by atoms with Crippen LogP contribution < -0.4 is 14.8 Å². The molecule has 0 aliphatic carbocycles. The summed E-state index contributed by atoms with van der Waals surface area (Å²) in [5.74, 6) is 1.03. The molecule has 0 spiro atoms. The van der Waals surface area contributed by atoms with Crippen molar-refractivity contribution in [3.8, 4) is 11.5 Å². The molecule has 2 rings (SSSR count). The van der Waals surface area contributed by atoms with Gasteiger partial charge in [0.25, 0.3) is 0 Å². The fourth-order valence-corrected chi connectivity index (χ4v) is 2.30. The highest BCUT2D eigenvalue weighted by molar-refractivity contribution is 6.33. The Morgan fingerprint density at radius 2 is 2.17 bits per heavy atom. The van der Waals surface area contributed by atoms with Crippen LogP contribution in [-0.4, -0.2) is 26.9 Å². The second kappa shape index (κ2) is 5.35. The number of ether oxygens (including phenoxy) is 3. The van der Waals surface area contributed by atoms with Gasteiger partial charge in [-0.15, -0.1) is 0 Å². The zero-order chi connectivity index (χ0) is 13.1. The van der Waals surface area contributed by atoms with Crippen LogP contribution in [0, 0.1) is 0 Å². The number of rotatable bonds is 3. The Labute approximate surface area is 110 Å². The van der Waals surface area contributed by atoms with Crippen molar-refractivity contribution in [2.45, 2.75) is 12.5 Å². The van der Waals surface area contributed by atoms with Gasteiger partial charge in [-0.1, -0.05) is 17.7 Å². The van der Waals surface area contributed by atoms with Gasteiger partial charge >= 0.3 is 6.09 Å². The number of carbonyl (C=O) groups is 1. The maximum absolute atomic E-state index is 11.2. The van der Waals surface area contributed by atoms with Gasteiger partial charge in [-0.3, -0.25) is 0 Å². The van der Waals surface area contributed by atoms with E-state index in [1.807, 2.05) is 6.07 Å². The van der Waals surface area contributed by atoms with Crippen LogP contribution >= 0.6 is 11.6 Å². The zero-order valence-electron chi connectivity index (χ0n) is 10.2. The van der Waals surface area contributed by atoms with E-state index in [1.54, 1.807) is 13.2 Å². The van der Waals surface area contributed by atoms with E-state index in [0.717, 1.165) is 5.56 Å². The van der Waals surface area contributed by atoms with E-state index in [4.69, 9.17) is 25.8 Å². The molecule has 1 N–H and O–H groups in total. The molecule has 1 fully saturated rings. The highest BCUT2D eigenvalue weighted by Crippen LogP contribution is 2.40. The van der Waals surface area contributed by atoms with Crippen molar-refractivity contribution in [2.75, 3.05) is 20.8 Å². The first-order chi connectivity index (χ1) is 8.67. The Morgan fingerprint density at radius 1 is 1.39 bits per heavy atom. The first-order valence-corrected chi connectivity index (χ1v) is 5.88. The van der Waals surface area contributed by atoms with Crippen molar-refractivity contribution < 1.29 is 19.0 Å². The van der Waals surface area contributed by atoms with Crippen molar-refractivity contribution in [1.29, 1.82) is 0 Å². The Balaban J connectivity index is 2.36. The van der Waals surface area contributed by atoms with E-state index in [9.17, 15) is 4.79 Å². The summed E-state index contributed by atoms with van der Waals surface area (Å²) < 4.78 is 15.2. The minimum absolute atomic E-state index is 0.168. The molecule has 5 nitrogen and oxygen atoms in total. The van der Waals surface area contributed by atoms with E-state index in [1.165, 1.54) is 7.11 Å². The molecule has 1 aliphatic rings. The number of hydrogen-bond acceptors (Lipinski definition) is 4. The summed E-state index contributed by atoms with van der Waals surface area (Å²) in [5, 5.41) is 3.17. The number of carbonyl (C=O) groups excluding carboxylic acids is 1. The molecule has 0 radical (unpaired) electrons. The molecule has 0 saturated carbocycles. The van der Waals surface area contributed by atoms with Crippen LogP contribution in [0.2, 0.25) is 5.02 Å². The van der Waals surface area contributed by atoms with E-state index in [-0.39, 0.29) is 6.04 Å². The third-order valence-electron chi connectivity index (χ3n) is 2.82. The fraction of sp³-hybridized carbons (Fsp3) is 0.417. The second-order valence-corrected chi connectivity index (χ2v) is 4.20. The van der Waals surface area contributed by atoms with Crippen LogP contribution in [0.25, 0.3) is 0 Å². The minimum Gasteiger partial charge on any atom is -0.493 e. The SMILES string of the molecule is COc1ccc([C@H]2CCOC(=O)N2)c(Cl)c1OC. The van der Waals surface area contributed by atoms with Crippen molar-refractivity contribution >= 4 is 17.7 Å². The van der Waals surface area contributed by atoms with Gasteiger partial charge in [-0.05, 0) is 11.6 Å². The van der Waals surface area contributed by atoms with Gasteiger partial charge in [0.2, 0.25) is 0 Å². The second-order valence-electron chi connectivity index (χ2n) is 3.83. The van der Waals surface area contributed by atoms with Gasteiger partial charge in [-0.2, -0.15) is 0 Å². The zero-order valence-corrected chi connectivity index (χ0v) is 10.9. The summed E-state index contributed by atoms with van der Waals surface area (Å²) in [6, 6.07) is 3.42. The maximum atomic E-state index is 11.2. The van der Waals surface area contributed by atoms with Crippen LogP contribution in [-0.2, 0) is 4.74 Å². The monoisotopic (exact) mass is 271 g/mol. The highest BCUT2D eigenvalue weighted by Gasteiger charge is 2.25. The summed E-state index contributed by atoms with van der Waals surface area (Å²) >= 11 is 6.28. The van der Waals surface area contributed by atoms with Crippen LogP contribution in [0.4, 0.5) is 4.79 Å². The topological polar surface area (TPSA) is 56.8 Å². The average Bonchev–Trinajstić information content (AvgIpc) is 2.38. The molecule has 1 amide bonds. The lowest BCUT2D eigenvalue weighted by Gasteiger charge is -2.25. The summed E-state index contributed by atoms with van der Waals surface area (Å²) in [7, 11) is 3.07. The van der Waals surface area contributed by atoms with Gasteiger partial charge in [0.1, 0.15) is 0 Å². The molecule has 98 valence electrons. The third-order valence-corrected chi connectivity index (χ3v) is 3.21. The van der Waals surface area contributed by atoms with Crippen molar-refractivity contribution in [1.82, 2.24) is 5.32 Å². The molecular formula is C12H14ClNO4. The van der Waals surface area contributed by atoms with Gasteiger partial charge in [0, 0.05) is 6.42 Å². The summed E-state index contributed by atoms with van der Waals surface area (Å²) in [6.45, 7) is 0.376. The van der Waals surface area contributed by atoms with E-state index < -0.39 is 6.09 Å². The number of amides is 1. The number of alkyl carbamates (subject to hydrolysis) is 1. The molecule has 1 aromatic rings. The molecule has 1 heterocycles. The molecular weight excluding hydrogens is 258 g/mol. The molecule has 0 aromatic heterocycles. The van der Waals surface area contributed by atoms with Crippen LogP contribution in [0.15, 0.2) is 12.1 Å². The molecule has 1 saturated heterocycles. The standard InChI is InChI=1S/C12H14ClNO4/c1-16-9-4-3-7(10(13)11(9)17-2)8-5-6-18-12(15)14-8/h3-4,8H,5-6H2,1-2H3,(H,14,15)/t8-/m1/s1. The predicted molar refractivity (Wildman–Crippen MR) is 66.4 cm³/mol. The average molecular weight is 272 g/mol. The van der Waals surface area contributed by atoms with Crippen LogP contribution in [0.3, 0.4) is 0 Å². The van der Waals surface area contributed by atoms with Gasteiger partial charge in [-0.25, -0.2) is 4.79 Å². The first kappa shape index (κ1) is 12.8. The van der Waals surface area contributed by atoms with Gasteiger partial charge in [0.05, 0.1) is 31.9 Å². The first-order valence-electron chi connectivity index (χ1n) is 5.51. The smallest absolute Gasteiger partial charge is 0.407 e. The molecule has 0 unspecified atom stereocenters. The largest absolute Gasteiger partial charge is 0.493 e. The maximum Gasteiger partial charge on any atom is 0.407 e. The number of benzene rings is 1. The molecule has 1 aromatic carbocycles. The van der Waals surface area contributed by atoms with E-state index in [0.29, 0.717) is 29.5 Å². The van der Waals surface area contributed by atoms with Crippen molar-refractivity contribution in [3.63, 3.8) is 0 Å². The number of cyclic esters (lactones) is 1. The normalized spacial score (nSPS) is 18.8. The molecule has 0 bridgehead atoms. The summed E-state index contributed by atoms with van der Waals surface area (Å²) in [6.07, 6.45) is 0.234. The third kappa shape index (κ3) is 2.31. The number of hydrogen-bond donors (Lipinski definition) is 1. The molecule has 1 aliphatic heterocycles. The quantitative estimate of drug-likeness (QED) is 0.918. The summed E-state index contributed by atoms with van der Waals surface area (Å²) in [4.78, 5) is 11.2. The lowest BCUT2D eigenvalue weighted by Crippen LogP contribution is -2.35. The fourth-order valence-electron chi connectivity index (χ4n) is 1.93. The Bertz CT molecular complexity index is 464. The molecule has 18 heavy (non-hydrogen) atoms.